The highest BCUT2D eigenvalue weighted by Crippen LogP contribution is 2.15. The van der Waals surface area contributed by atoms with Crippen molar-refractivity contribution in [3.8, 4) is 0 Å². The third-order valence-corrected chi connectivity index (χ3v) is 3.66. The molecule has 0 atom stereocenters. The topological polar surface area (TPSA) is 47.1 Å². The maximum atomic E-state index is 5.50. The normalized spacial score (nSPS) is 11.7. The van der Waals surface area contributed by atoms with E-state index in [-0.39, 0.29) is 0 Å². The predicted molar refractivity (Wildman–Crippen MR) is 81.1 cm³/mol. The van der Waals surface area contributed by atoms with E-state index >= 15 is 0 Å². The molecule has 1 aromatic rings. The number of hydrogen-bond acceptors (Lipinski definition) is 3. The van der Waals surface area contributed by atoms with Gasteiger partial charge < -0.3 is 10.6 Å². The van der Waals surface area contributed by atoms with Crippen LogP contribution in [0.1, 0.15) is 57.7 Å². The van der Waals surface area contributed by atoms with Crippen molar-refractivity contribution in [2.45, 2.75) is 58.5 Å². The predicted octanol–water partition coefficient (Wildman–Crippen LogP) is 2.81. The SMILES string of the molecule is CCC(CC)n1ccc(CN(C)CCCCCN)n1. The average Bonchev–Trinajstić information content (AvgIpc) is 2.84. The van der Waals surface area contributed by atoms with E-state index in [4.69, 9.17) is 10.8 Å². The first-order valence-electron chi connectivity index (χ1n) is 7.63. The van der Waals surface area contributed by atoms with E-state index in [0.29, 0.717) is 6.04 Å². The van der Waals surface area contributed by atoms with Crippen molar-refractivity contribution in [3.63, 3.8) is 0 Å². The number of unbranched alkanes of at least 4 members (excludes halogenated alkanes) is 2. The van der Waals surface area contributed by atoms with E-state index in [0.717, 1.165) is 38.9 Å². The van der Waals surface area contributed by atoms with Gasteiger partial charge in [-0.25, -0.2) is 0 Å². The van der Waals surface area contributed by atoms with Gasteiger partial charge >= 0.3 is 0 Å². The minimum Gasteiger partial charge on any atom is -0.330 e. The summed E-state index contributed by atoms with van der Waals surface area (Å²) in [6, 6.07) is 2.69. The number of nitrogens with two attached hydrogens (primary N) is 1. The van der Waals surface area contributed by atoms with Gasteiger partial charge in [0.2, 0.25) is 0 Å². The van der Waals surface area contributed by atoms with Crippen LogP contribution in [0.4, 0.5) is 0 Å². The van der Waals surface area contributed by atoms with Crippen LogP contribution in [0.25, 0.3) is 0 Å². The first-order chi connectivity index (χ1) is 9.21. The lowest BCUT2D eigenvalue weighted by molar-refractivity contribution is 0.310. The Labute approximate surface area is 118 Å². The molecule has 4 heteroatoms. The molecule has 0 aliphatic carbocycles. The molecule has 0 aromatic carbocycles. The molecule has 1 rings (SSSR count). The molecule has 0 unspecified atom stereocenters. The molecule has 19 heavy (non-hydrogen) atoms. The molecule has 0 saturated carbocycles. The summed E-state index contributed by atoms with van der Waals surface area (Å²) in [5, 5.41) is 4.69. The summed E-state index contributed by atoms with van der Waals surface area (Å²) in [7, 11) is 2.17. The molecule has 2 N–H and O–H groups in total. The first kappa shape index (κ1) is 16.2. The van der Waals surface area contributed by atoms with Crippen LogP contribution in [-0.4, -0.2) is 34.8 Å². The lowest BCUT2D eigenvalue weighted by atomic mass is 10.2. The van der Waals surface area contributed by atoms with Crippen LogP contribution in [0.2, 0.25) is 0 Å². The molecular formula is C15H30N4. The van der Waals surface area contributed by atoms with Gasteiger partial charge in [-0.3, -0.25) is 4.68 Å². The van der Waals surface area contributed by atoms with Crippen LogP contribution in [0.15, 0.2) is 12.3 Å². The molecule has 0 aliphatic rings. The van der Waals surface area contributed by atoms with Gasteiger partial charge in [0.25, 0.3) is 0 Å². The molecular weight excluding hydrogens is 236 g/mol. The van der Waals surface area contributed by atoms with E-state index in [1.807, 2.05) is 0 Å². The van der Waals surface area contributed by atoms with Gasteiger partial charge in [0.1, 0.15) is 0 Å². The van der Waals surface area contributed by atoms with Crippen molar-refractivity contribution >= 4 is 0 Å². The van der Waals surface area contributed by atoms with Gasteiger partial charge in [-0.15, -0.1) is 0 Å². The van der Waals surface area contributed by atoms with Crippen molar-refractivity contribution in [1.82, 2.24) is 14.7 Å². The zero-order valence-corrected chi connectivity index (χ0v) is 12.8. The number of hydrogen-bond donors (Lipinski definition) is 1. The second-order valence-corrected chi connectivity index (χ2v) is 5.34. The highest BCUT2D eigenvalue weighted by atomic mass is 15.3. The van der Waals surface area contributed by atoms with Crippen molar-refractivity contribution in [2.24, 2.45) is 5.73 Å². The second kappa shape index (κ2) is 9.10. The Kier molecular flexibility index (Phi) is 7.75. The highest BCUT2D eigenvalue weighted by molar-refractivity contribution is 4.99. The zero-order chi connectivity index (χ0) is 14.1. The molecule has 1 aromatic heterocycles. The molecule has 0 radical (unpaired) electrons. The fourth-order valence-electron chi connectivity index (χ4n) is 2.39. The summed E-state index contributed by atoms with van der Waals surface area (Å²) in [5.74, 6) is 0. The monoisotopic (exact) mass is 266 g/mol. The summed E-state index contributed by atoms with van der Waals surface area (Å²) < 4.78 is 2.12. The maximum Gasteiger partial charge on any atom is 0.0764 e. The van der Waals surface area contributed by atoms with Crippen molar-refractivity contribution in [3.05, 3.63) is 18.0 Å². The third-order valence-electron chi connectivity index (χ3n) is 3.66. The van der Waals surface area contributed by atoms with E-state index in [1.54, 1.807) is 0 Å². The zero-order valence-electron chi connectivity index (χ0n) is 12.8. The van der Waals surface area contributed by atoms with Crippen LogP contribution in [0, 0.1) is 0 Å². The molecule has 0 aliphatic heterocycles. The van der Waals surface area contributed by atoms with Crippen molar-refractivity contribution in [1.29, 1.82) is 0 Å². The number of nitrogens with zero attached hydrogens (tertiary/aromatic N) is 3. The Bertz CT molecular complexity index is 331. The minimum atomic E-state index is 0.545. The van der Waals surface area contributed by atoms with Crippen LogP contribution in [0.3, 0.4) is 0 Å². The van der Waals surface area contributed by atoms with Crippen LogP contribution < -0.4 is 5.73 Å². The van der Waals surface area contributed by atoms with Gasteiger partial charge in [0.05, 0.1) is 11.7 Å². The Morgan fingerprint density at radius 2 is 2.00 bits per heavy atom. The van der Waals surface area contributed by atoms with Gasteiger partial charge in [0, 0.05) is 12.7 Å². The summed E-state index contributed by atoms with van der Waals surface area (Å²) >= 11 is 0. The fraction of sp³-hybridized carbons (Fsp3) is 0.800. The average molecular weight is 266 g/mol. The highest BCUT2D eigenvalue weighted by Gasteiger charge is 2.09. The molecule has 0 amide bonds. The lowest BCUT2D eigenvalue weighted by Crippen LogP contribution is -2.20. The first-order valence-corrected chi connectivity index (χ1v) is 7.63. The van der Waals surface area contributed by atoms with Crippen molar-refractivity contribution in [2.75, 3.05) is 20.1 Å². The number of aromatic nitrogens is 2. The second-order valence-electron chi connectivity index (χ2n) is 5.34. The molecule has 110 valence electrons. The molecule has 0 spiro atoms. The van der Waals surface area contributed by atoms with Crippen LogP contribution >= 0.6 is 0 Å². The van der Waals surface area contributed by atoms with Gasteiger partial charge in [0.15, 0.2) is 0 Å². The third kappa shape index (κ3) is 5.74. The molecule has 0 saturated heterocycles. The summed E-state index contributed by atoms with van der Waals surface area (Å²) in [6.45, 7) is 7.31. The molecule has 0 bridgehead atoms. The van der Waals surface area contributed by atoms with E-state index in [1.165, 1.54) is 18.5 Å². The Hall–Kier alpha value is -0.870. The largest absolute Gasteiger partial charge is 0.330 e. The Morgan fingerprint density at radius 3 is 2.63 bits per heavy atom. The van der Waals surface area contributed by atoms with Gasteiger partial charge in [-0.2, -0.15) is 5.10 Å². The Morgan fingerprint density at radius 1 is 1.26 bits per heavy atom. The standard InChI is InChI=1S/C15H30N4/c1-4-15(5-2)19-12-9-14(17-19)13-18(3)11-8-6-7-10-16/h9,12,15H,4-8,10-11,13,16H2,1-3H3. The van der Waals surface area contributed by atoms with Crippen LogP contribution in [-0.2, 0) is 6.54 Å². The fourth-order valence-corrected chi connectivity index (χ4v) is 2.39. The van der Waals surface area contributed by atoms with Crippen molar-refractivity contribution < 1.29 is 0 Å². The Balaban J connectivity index is 2.36. The maximum absolute atomic E-state index is 5.50. The summed E-state index contributed by atoms with van der Waals surface area (Å²) in [5.41, 5.74) is 6.67. The molecule has 0 fully saturated rings. The summed E-state index contributed by atoms with van der Waals surface area (Å²) in [6.07, 6.45) is 8.00. The molecule has 1 heterocycles. The molecule has 4 nitrogen and oxygen atoms in total. The smallest absolute Gasteiger partial charge is 0.0764 e. The quantitative estimate of drug-likeness (QED) is 0.662. The van der Waals surface area contributed by atoms with E-state index in [9.17, 15) is 0 Å². The van der Waals surface area contributed by atoms with Gasteiger partial charge in [-0.05, 0) is 51.9 Å². The van der Waals surface area contributed by atoms with Gasteiger partial charge in [-0.1, -0.05) is 20.3 Å². The van der Waals surface area contributed by atoms with E-state index < -0.39 is 0 Å². The number of rotatable bonds is 10. The van der Waals surface area contributed by atoms with Crippen LogP contribution in [0.5, 0.6) is 0 Å². The summed E-state index contributed by atoms with van der Waals surface area (Å²) in [4.78, 5) is 2.34. The lowest BCUT2D eigenvalue weighted by Gasteiger charge is -2.15. The van der Waals surface area contributed by atoms with E-state index in [2.05, 4.69) is 42.7 Å². The minimum absolute atomic E-state index is 0.545.